The maximum Gasteiger partial charge on any atom is 0.233 e. The Morgan fingerprint density at radius 1 is 1.00 bits per heavy atom. The number of amides is 2. The van der Waals surface area contributed by atoms with Crippen LogP contribution in [0.4, 0.5) is 0 Å². The van der Waals surface area contributed by atoms with E-state index in [1.54, 1.807) is 14.2 Å². The number of ether oxygens (including phenoxy) is 2. The number of nitrogens with zero attached hydrogens (tertiary/aromatic N) is 1. The van der Waals surface area contributed by atoms with Crippen LogP contribution in [-0.2, 0) is 16.1 Å². The lowest BCUT2D eigenvalue weighted by molar-refractivity contribution is -0.140. The number of hydrogen-bond donors (Lipinski definition) is 0. The summed E-state index contributed by atoms with van der Waals surface area (Å²) < 4.78 is 10.6. The zero-order valence-corrected chi connectivity index (χ0v) is 13.7. The zero-order chi connectivity index (χ0) is 16.6. The molecule has 0 N–H and O–H groups in total. The van der Waals surface area contributed by atoms with Crippen molar-refractivity contribution in [2.24, 2.45) is 11.8 Å². The molecular weight excluding hydrogens is 294 g/mol. The number of carbonyl (C=O) groups is 2. The second-order valence-corrected chi connectivity index (χ2v) is 6.05. The third kappa shape index (κ3) is 2.60. The molecule has 2 atom stereocenters. The van der Waals surface area contributed by atoms with E-state index in [0.29, 0.717) is 24.3 Å². The number of fused-ring (bicyclic) bond motifs is 1. The van der Waals surface area contributed by atoms with Crippen molar-refractivity contribution >= 4 is 11.8 Å². The van der Waals surface area contributed by atoms with Gasteiger partial charge in [0.1, 0.15) is 0 Å². The van der Waals surface area contributed by atoms with Crippen molar-refractivity contribution in [2.75, 3.05) is 14.2 Å². The Labute approximate surface area is 135 Å². The van der Waals surface area contributed by atoms with E-state index in [0.717, 1.165) is 11.1 Å². The quantitative estimate of drug-likeness (QED) is 0.633. The van der Waals surface area contributed by atoms with Gasteiger partial charge in [0.05, 0.1) is 32.6 Å². The Bertz CT molecular complexity index is 654. The molecule has 1 saturated heterocycles. The van der Waals surface area contributed by atoms with Crippen LogP contribution in [0, 0.1) is 18.8 Å². The molecule has 1 heterocycles. The van der Waals surface area contributed by atoms with Crippen molar-refractivity contribution < 1.29 is 19.1 Å². The highest BCUT2D eigenvalue weighted by Crippen LogP contribution is 2.37. The van der Waals surface area contributed by atoms with Gasteiger partial charge >= 0.3 is 0 Å². The number of hydrogen-bond acceptors (Lipinski definition) is 4. The summed E-state index contributed by atoms with van der Waals surface area (Å²) in [5.41, 5.74) is 1.87. The largest absolute Gasteiger partial charge is 0.493 e. The van der Waals surface area contributed by atoms with Crippen LogP contribution in [-0.4, -0.2) is 30.9 Å². The number of methoxy groups -OCH3 is 2. The lowest BCUT2D eigenvalue weighted by atomic mass is 9.85. The first-order valence-corrected chi connectivity index (χ1v) is 7.78. The summed E-state index contributed by atoms with van der Waals surface area (Å²) in [6.07, 6.45) is 5.32. The molecular formula is C18H21NO4. The highest BCUT2D eigenvalue weighted by molar-refractivity contribution is 6.05. The Balaban J connectivity index is 1.87. The van der Waals surface area contributed by atoms with Crippen molar-refractivity contribution in [3.63, 3.8) is 0 Å². The predicted molar refractivity (Wildman–Crippen MR) is 85.2 cm³/mol. The van der Waals surface area contributed by atoms with Crippen LogP contribution >= 0.6 is 0 Å². The number of carbonyl (C=O) groups excluding carboxylic acids is 2. The molecule has 5 nitrogen and oxygen atoms in total. The Morgan fingerprint density at radius 3 is 2.04 bits per heavy atom. The first-order chi connectivity index (χ1) is 11.1. The van der Waals surface area contributed by atoms with Crippen molar-refractivity contribution in [1.29, 1.82) is 0 Å². The van der Waals surface area contributed by atoms with E-state index in [1.165, 1.54) is 4.90 Å². The van der Waals surface area contributed by atoms with E-state index in [2.05, 4.69) is 0 Å². The molecule has 2 amide bonds. The monoisotopic (exact) mass is 315 g/mol. The molecule has 1 aromatic carbocycles. The number of imide groups is 1. The maximum atomic E-state index is 12.6. The van der Waals surface area contributed by atoms with Gasteiger partial charge in [-0.15, -0.1) is 0 Å². The molecule has 0 radical (unpaired) electrons. The summed E-state index contributed by atoms with van der Waals surface area (Å²) >= 11 is 0. The molecule has 0 bridgehead atoms. The first-order valence-electron chi connectivity index (χ1n) is 7.78. The standard InChI is InChI=1S/C18H21NO4/c1-11-8-15(22-2)16(23-3)9-12(11)10-19-17(20)13-6-4-5-7-14(13)18(19)21/h4-5,8-9,13-14H,6-7,10H2,1-3H3/t13-,14-/m1/s1. The molecule has 1 aliphatic carbocycles. The third-order valence-corrected chi connectivity index (χ3v) is 4.77. The molecule has 23 heavy (non-hydrogen) atoms. The lowest BCUT2D eigenvalue weighted by Crippen LogP contribution is -2.30. The lowest BCUT2D eigenvalue weighted by Gasteiger charge is -2.18. The van der Waals surface area contributed by atoms with Gasteiger partial charge in [-0.05, 0) is 43.0 Å². The van der Waals surface area contributed by atoms with Crippen LogP contribution < -0.4 is 9.47 Å². The van der Waals surface area contributed by atoms with Gasteiger partial charge in [0.2, 0.25) is 11.8 Å². The van der Waals surface area contributed by atoms with Gasteiger partial charge in [-0.25, -0.2) is 0 Å². The highest BCUT2D eigenvalue weighted by atomic mass is 16.5. The Hall–Kier alpha value is -2.30. The predicted octanol–water partition coefficient (Wildman–Crippen LogP) is 2.46. The fourth-order valence-corrected chi connectivity index (χ4v) is 3.39. The van der Waals surface area contributed by atoms with Gasteiger partial charge in [0.25, 0.3) is 0 Å². The summed E-state index contributed by atoms with van der Waals surface area (Å²) in [4.78, 5) is 26.5. The van der Waals surface area contributed by atoms with E-state index in [-0.39, 0.29) is 30.2 Å². The fraction of sp³-hybridized carbons (Fsp3) is 0.444. The topological polar surface area (TPSA) is 55.8 Å². The molecule has 0 unspecified atom stereocenters. The summed E-state index contributed by atoms with van der Waals surface area (Å²) in [7, 11) is 3.16. The highest BCUT2D eigenvalue weighted by Gasteiger charge is 2.47. The van der Waals surface area contributed by atoms with E-state index in [9.17, 15) is 9.59 Å². The van der Waals surface area contributed by atoms with Crippen LogP contribution in [0.15, 0.2) is 24.3 Å². The second kappa shape index (κ2) is 6.07. The van der Waals surface area contributed by atoms with Crippen molar-refractivity contribution in [2.45, 2.75) is 26.3 Å². The van der Waals surface area contributed by atoms with Gasteiger partial charge in [0.15, 0.2) is 11.5 Å². The van der Waals surface area contributed by atoms with Crippen molar-refractivity contribution in [1.82, 2.24) is 4.90 Å². The van der Waals surface area contributed by atoms with E-state index in [1.807, 2.05) is 31.2 Å². The number of rotatable bonds is 4. The van der Waals surface area contributed by atoms with Gasteiger partial charge in [-0.3, -0.25) is 14.5 Å². The molecule has 122 valence electrons. The summed E-state index contributed by atoms with van der Waals surface area (Å²) in [5, 5.41) is 0. The van der Waals surface area contributed by atoms with E-state index in [4.69, 9.17) is 9.47 Å². The molecule has 3 rings (SSSR count). The second-order valence-electron chi connectivity index (χ2n) is 6.05. The Morgan fingerprint density at radius 2 is 1.52 bits per heavy atom. The summed E-state index contributed by atoms with van der Waals surface area (Å²) in [6.45, 7) is 2.23. The number of benzene rings is 1. The molecule has 1 aromatic rings. The van der Waals surface area contributed by atoms with Crippen LogP contribution in [0.2, 0.25) is 0 Å². The van der Waals surface area contributed by atoms with Gasteiger partial charge in [0, 0.05) is 0 Å². The summed E-state index contributed by atoms with van der Waals surface area (Å²) in [6, 6.07) is 3.71. The normalized spacial score (nSPS) is 23.2. The first kappa shape index (κ1) is 15.6. The minimum absolute atomic E-state index is 0.0569. The molecule has 0 saturated carbocycles. The summed E-state index contributed by atoms with van der Waals surface area (Å²) in [5.74, 6) is 0.759. The molecule has 1 fully saturated rings. The van der Waals surface area contributed by atoms with Crippen molar-refractivity contribution in [3.05, 3.63) is 35.4 Å². The van der Waals surface area contributed by atoms with Crippen LogP contribution in [0.5, 0.6) is 11.5 Å². The van der Waals surface area contributed by atoms with Crippen LogP contribution in [0.3, 0.4) is 0 Å². The maximum absolute atomic E-state index is 12.6. The smallest absolute Gasteiger partial charge is 0.233 e. The molecule has 2 aliphatic rings. The SMILES string of the molecule is COc1cc(C)c(CN2C(=O)[C@@H]3CC=CC[C@H]3C2=O)cc1OC. The van der Waals surface area contributed by atoms with Gasteiger partial charge < -0.3 is 9.47 Å². The Kier molecular flexibility index (Phi) is 4.11. The molecule has 0 spiro atoms. The van der Waals surface area contributed by atoms with Crippen LogP contribution in [0.1, 0.15) is 24.0 Å². The van der Waals surface area contributed by atoms with Gasteiger partial charge in [-0.2, -0.15) is 0 Å². The van der Waals surface area contributed by atoms with Gasteiger partial charge in [-0.1, -0.05) is 12.2 Å². The molecule has 5 heteroatoms. The fourth-order valence-electron chi connectivity index (χ4n) is 3.39. The minimum Gasteiger partial charge on any atom is -0.493 e. The van der Waals surface area contributed by atoms with E-state index >= 15 is 0 Å². The number of allylic oxidation sites excluding steroid dienone is 2. The van der Waals surface area contributed by atoms with Crippen LogP contribution in [0.25, 0.3) is 0 Å². The average molecular weight is 315 g/mol. The molecule has 1 aliphatic heterocycles. The number of aryl methyl sites for hydroxylation is 1. The van der Waals surface area contributed by atoms with E-state index < -0.39 is 0 Å². The zero-order valence-electron chi connectivity index (χ0n) is 13.7. The average Bonchev–Trinajstić information content (AvgIpc) is 2.81. The minimum atomic E-state index is -0.187. The molecule has 0 aromatic heterocycles. The van der Waals surface area contributed by atoms with Crippen molar-refractivity contribution in [3.8, 4) is 11.5 Å². The number of likely N-dealkylation sites (tertiary alicyclic amines) is 1. The third-order valence-electron chi connectivity index (χ3n) is 4.77.